The van der Waals surface area contributed by atoms with Crippen molar-refractivity contribution in [3.05, 3.63) is 98.3 Å². The van der Waals surface area contributed by atoms with Gasteiger partial charge in [-0.05, 0) is 42.0 Å². The third-order valence-corrected chi connectivity index (χ3v) is 5.83. The lowest BCUT2D eigenvalue weighted by molar-refractivity contribution is -0.136. The van der Waals surface area contributed by atoms with Gasteiger partial charge in [-0.1, -0.05) is 53.0 Å². The largest absolute Gasteiger partial charge is 0.482 e. The van der Waals surface area contributed by atoms with Crippen molar-refractivity contribution in [1.29, 1.82) is 5.26 Å². The Hall–Kier alpha value is -3.37. The Morgan fingerprint density at radius 2 is 1.85 bits per heavy atom. The number of nitriles is 1. The zero-order chi connectivity index (χ0) is 23.5. The van der Waals surface area contributed by atoms with E-state index in [1.54, 1.807) is 54.6 Å². The maximum absolute atomic E-state index is 12.2. The molecule has 1 aliphatic heterocycles. The minimum atomic E-state index is -0.618. The second kappa shape index (κ2) is 9.63. The summed E-state index contributed by atoms with van der Waals surface area (Å²) in [6.07, 6.45) is 0. The molecule has 0 bridgehead atoms. The smallest absolute Gasteiger partial charge is 0.349 e. The molecule has 0 saturated heterocycles. The van der Waals surface area contributed by atoms with Crippen LogP contribution < -0.4 is 19.9 Å². The first-order valence-electron chi connectivity index (χ1n) is 9.61. The van der Waals surface area contributed by atoms with E-state index in [1.807, 2.05) is 0 Å². The van der Waals surface area contributed by atoms with Crippen molar-refractivity contribution in [2.24, 2.45) is 5.73 Å². The third kappa shape index (κ3) is 5.01. The molecule has 0 radical (unpaired) electrons. The Kier molecular flexibility index (Phi) is 6.66. The van der Waals surface area contributed by atoms with Crippen molar-refractivity contribution in [3.63, 3.8) is 0 Å². The summed E-state index contributed by atoms with van der Waals surface area (Å²) < 4.78 is 16.4. The third-order valence-electron chi connectivity index (χ3n) is 4.85. The lowest BCUT2D eigenvalue weighted by Gasteiger charge is -2.27. The molecule has 0 saturated carbocycles. The number of hydrogen-bond donors (Lipinski definition) is 1. The van der Waals surface area contributed by atoms with Gasteiger partial charge >= 0.3 is 5.97 Å². The highest BCUT2D eigenvalue weighted by Gasteiger charge is 2.31. The van der Waals surface area contributed by atoms with Gasteiger partial charge in [-0.2, -0.15) is 5.26 Å². The number of rotatable bonds is 5. The summed E-state index contributed by atoms with van der Waals surface area (Å²) in [7, 11) is 0. The number of carbonyl (C=O) groups is 1. The van der Waals surface area contributed by atoms with Gasteiger partial charge in [0.25, 0.3) is 0 Å². The van der Waals surface area contributed by atoms with Gasteiger partial charge in [0.15, 0.2) is 6.61 Å². The Morgan fingerprint density at radius 1 is 1.03 bits per heavy atom. The molecule has 3 aromatic rings. The molecule has 0 spiro atoms. The Bertz CT molecular complexity index is 1320. The van der Waals surface area contributed by atoms with Gasteiger partial charge in [-0.25, -0.2) is 4.79 Å². The van der Waals surface area contributed by atoms with E-state index >= 15 is 0 Å². The van der Waals surface area contributed by atoms with E-state index in [4.69, 9.17) is 54.7 Å². The van der Waals surface area contributed by atoms with Crippen molar-refractivity contribution in [3.8, 4) is 23.3 Å². The fourth-order valence-corrected chi connectivity index (χ4v) is 3.88. The Balaban J connectivity index is 1.56. The van der Waals surface area contributed by atoms with E-state index in [2.05, 4.69) is 6.07 Å². The van der Waals surface area contributed by atoms with Crippen LogP contribution in [0.25, 0.3) is 0 Å². The van der Waals surface area contributed by atoms with Crippen LogP contribution in [0.1, 0.15) is 17.0 Å². The average Bonchev–Trinajstić information content (AvgIpc) is 2.78. The van der Waals surface area contributed by atoms with Crippen LogP contribution in [0.4, 0.5) is 0 Å². The monoisotopic (exact) mass is 500 g/mol. The molecule has 33 heavy (non-hydrogen) atoms. The first-order valence-corrected chi connectivity index (χ1v) is 10.7. The van der Waals surface area contributed by atoms with Gasteiger partial charge in [-0.3, -0.25) is 0 Å². The van der Waals surface area contributed by atoms with Crippen LogP contribution in [0.2, 0.25) is 15.1 Å². The summed E-state index contributed by atoms with van der Waals surface area (Å²) >= 11 is 18.1. The van der Waals surface area contributed by atoms with Crippen molar-refractivity contribution < 1.29 is 19.0 Å². The highest BCUT2D eigenvalue weighted by molar-refractivity contribution is 6.42. The number of fused-ring (bicyclic) bond motifs is 1. The molecule has 2 N–H and O–H groups in total. The molecule has 1 atom stereocenters. The van der Waals surface area contributed by atoms with Crippen LogP contribution in [0, 0.1) is 11.3 Å². The van der Waals surface area contributed by atoms with Crippen LogP contribution in [0.5, 0.6) is 17.2 Å². The predicted octanol–water partition coefficient (Wildman–Crippen LogP) is 5.85. The zero-order valence-corrected chi connectivity index (χ0v) is 19.1. The normalized spacial score (nSPS) is 14.7. The van der Waals surface area contributed by atoms with Gasteiger partial charge in [0.2, 0.25) is 5.88 Å². The summed E-state index contributed by atoms with van der Waals surface area (Å²) in [5, 5.41) is 10.9. The maximum atomic E-state index is 12.2. The molecule has 9 heteroatoms. The van der Waals surface area contributed by atoms with Crippen LogP contribution in [-0.2, 0) is 4.79 Å². The quantitative estimate of drug-likeness (QED) is 0.348. The summed E-state index contributed by atoms with van der Waals surface area (Å²) in [4.78, 5) is 12.2. The first-order chi connectivity index (χ1) is 15.9. The molecule has 0 aromatic heterocycles. The number of esters is 1. The number of benzene rings is 3. The number of halogens is 3. The summed E-state index contributed by atoms with van der Waals surface area (Å²) in [6, 6.07) is 18.7. The number of nitrogens with two attached hydrogens (primary N) is 1. The Morgan fingerprint density at radius 3 is 2.58 bits per heavy atom. The molecular formula is C24H15Cl3N2O4. The lowest BCUT2D eigenvalue weighted by atomic mass is 9.83. The first kappa shape index (κ1) is 22.8. The van der Waals surface area contributed by atoms with Gasteiger partial charge in [0, 0.05) is 16.7 Å². The number of carbonyl (C=O) groups excluding carboxylic acids is 1. The molecule has 1 heterocycles. The van der Waals surface area contributed by atoms with E-state index in [0.29, 0.717) is 37.7 Å². The zero-order valence-electron chi connectivity index (χ0n) is 16.8. The number of ether oxygens (including phenoxy) is 3. The number of hydrogen-bond acceptors (Lipinski definition) is 6. The molecule has 4 rings (SSSR count). The van der Waals surface area contributed by atoms with Crippen molar-refractivity contribution in [2.45, 2.75) is 5.92 Å². The molecule has 0 fully saturated rings. The highest BCUT2D eigenvalue weighted by Crippen LogP contribution is 2.44. The summed E-state index contributed by atoms with van der Waals surface area (Å²) in [6.45, 7) is -0.315. The van der Waals surface area contributed by atoms with Crippen LogP contribution in [0.3, 0.4) is 0 Å². The molecule has 0 amide bonds. The standard InChI is InChI=1S/C24H15Cl3N2O4/c25-14-2-1-3-15(9-14)31-12-22(30)32-16-5-6-17-21(10-16)33-24(29)18(11-28)23(17)13-4-7-19(26)20(27)8-13/h1-10,23H,12,29H2. The molecule has 1 aliphatic rings. The molecular weight excluding hydrogens is 487 g/mol. The van der Waals surface area contributed by atoms with Crippen LogP contribution in [0.15, 0.2) is 72.1 Å². The van der Waals surface area contributed by atoms with Gasteiger partial charge in [-0.15, -0.1) is 0 Å². The summed E-state index contributed by atoms with van der Waals surface area (Å²) in [5.41, 5.74) is 7.63. The number of allylic oxidation sites excluding steroid dienone is 1. The average molecular weight is 502 g/mol. The second-order valence-corrected chi connectivity index (χ2v) is 8.27. The molecule has 3 aromatic carbocycles. The second-order valence-electron chi connectivity index (χ2n) is 7.02. The van der Waals surface area contributed by atoms with Crippen LogP contribution in [-0.4, -0.2) is 12.6 Å². The molecule has 1 unspecified atom stereocenters. The van der Waals surface area contributed by atoms with Crippen LogP contribution >= 0.6 is 34.8 Å². The maximum Gasteiger partial charge on any atom is 0.349 e. The van der Waals surface area contributed by atoms with E-state index in [9.17, 15) is 10.1 Å². The minimum absolute atomic E-state index is 0.0474. The lowest BCUT2D eigenvalue weighted by Crippen LogP contribution is -2.21. The predicted molar refractivity (Wildman–Crippen MR) is 125 cm³/mol. The van der Waals surface area contributed by atoms with Gasteiger partial charge in [0.1, 0.15) is 28.9 Å². The van der Waals surface area contributed by atoms with Gasteiger partial charge in [0.05, 0.1) is 16.0 Å². The molecule has 6 nitrogen and oxygen atoms in total. The summed E-state index contributed by atoms with van der Waals surface area (Å²) in [5.74, 6) is -0.163. The van der Waals surface area contributed by atoms with E-state index in [0.717, 1.165) is 0 Å². The molecule has 0 aliphatic carbocycles. The van der Waals surface area contributed by atoms with E-state index in [-0.39, 0.29) is 23.8 Å². The van der Waals surface area contributed by atoms with E-state index in [1.165, 1.54) is 6.07 Å². The fraction of sp³-hybridized carbons (Fsp3) is 0.0833. The van der Waals surface area contributed by atoms with Crippen molar-refractivity contribution >= 4 is 40.8 Å². The van der Waals surface area contributed by atoms with Crippen molar-refractivity contribution in [2.75, 3.05) is 6.61 Å². The van der Waals surface area contributed by atoms with E-state index < -0.39 is 11.9 Å². The fourth-order valence-electron chi connectivity index (χ4n) is 3.39. The molecule has 166 valence electrons. The minimum Gasteiger partial charge on any atom is -0.482 e. The topological polar surface area (TPSA) is 94.6 Å². The Labute approximate surface area is 204 Å². The number of nitrogens with zero attached hydrogens (tertiary/aromatic N) is 1. The SMILES string of the molecule is N#CC1=C(N)Oc2cc(OC(=O)COc3cccc(Cl)c3)ccc2C1c1ccc(Cl)c(Cl)c1. The highest BCUT2D eigenvalue weighted by atomic mass is 35.5. The van der Waals surface area contributed by atoms with Crippen molar-refractivity contribution in [1.82, 2.24) is 0 Å². The van der Waals surface area contributed by atoms with Gasteiger partial charge < -0.3 is 19.9 Å².